The van der Waals surface area contributed by atoms with Crippen molar-refractivity contribution in [2.24, 2.45) is 0 Å². The van der Waals surface area contributed by atoms with Gasteiger partial charge < -0.3 is 20.4 Å². The zero-order chi connectivity index (χ0) is 22.3. The van der Waals surface area contributed by atoms with E-state index in [9.17, 15) is 9.59 Å². The number of carbonyl (C=O) groups excluding carboxylic acids is 2. The molecule has 3 N–H and O–H groups in total. The van der Waals surface area contributed by atoms with Crippen LogP contribution in [-0.2, 0) is 9.53 Å². The first-order valence-corrected chi connectivity index (χ1v) is 10.6. The van der Waals surface area contributed by atoms with E-state index in [4.69, 9.17) is 4.74 Å². The van der Waals surface area contributed by atoms with Gasteiger partial charge in [0.1, 0.15) is 0 Å². The molecule has 1 aromatic heterocycles. The molecule has 0 saturated carbocycles. The van der Waals surface area contributed by atoms with E-state index in [1.807, 2.05) is 78.9 Å². The minimum absolute atomic E-state index is 0.0505. The SMILES string of the molecule is CCOC(=O)CC(NC(=O)Nc1ccccc1-c1cc2ccccc2[nH]1)c1ccccc1. The molecule has 0 bridgehead atoms. The highest BCUT2D eigenvalue weighted by atomic mass is 16.5. The van der Waals surface area contributed by atoms with Crippen LogP contribution >= 0.6 is 0 Å². The predicted octanol–water partition coefficient (Wildman–Crippen LogP) is 5.65. The Hall–Kier alpha value is -4.06. The van der Waals surface area contributed by atoms with Gasteiger partial charge in [0.15, 0.2) is 0 Å². The van der Waals surface area contributed by atoms with Crippen molar-refractivity contribution in [3.8, 4) is 11.3 Å². The number of aromatic amines is 1. The van der Waals surface area contributed by atoms with Crippen LogP contribution in [0.5, 0.6) is 0 Å². The molecule has 2 amide bonds. The quantitative estimate of drug-likeness (QED) is 0.333. The summed E-state index contributed by atoms with van der Waals surface area (Å²) in [5.74, 6) is -0.361. The monoisotopic (exact) mass is 427 g/mol. The molecule has 1 heterocycles. The van der Waals surface area contributed by atoms with E-state index in [-0.39, 0.29) is 12.4 Å². The lowest BCUT2D eigenvalue weighted by atomic mass is 10.0. The molecule has 0 saturated heterocycles. The average Bonchev–Trinajstić information content (AvgIpc) is 3.24. The van der Waals surface area contributed by atoms with E-state index >= 15 is 0 Å². The number of esters is 1. The maximum atomic E-state index is 12.9. The highest BCUT2D eigenvalue weighted by Gasteiger charge is 2.20. The van der Waals surface area contributed by atoms with Crippen LogP contribution in [0.25, 0.3) is 22.2 Å². The molecule has 6 heteroatoms. The second-order valence-corrected chi connectivity index (χ2v) is 7.39. The summed E-state index contributed by atoms with van der Waals surface area (Å²) in [6.45, 7) is 2.06. The number of benzene rings is 3. The van der Waals surface area contributed by atoms with Crippen LogP contribution in [0.1, 0.15) is 24.9 Å². The van der Waals surface area contributed by atoms with E-state index in [0.29, 0.717) is 12.3 Å². The smallest absolute Gasteiger partial charge is 0.319 e. The van der Waals surface area contributed by atoms with Crippen LogP contribution in [0.2, 0.25) is 0 Å². The number of hydrogen-bond acceptors (Lipinski definition) is 3. The van der Waals surface area contributed by atoms with E-state index in [1.165, 1.54) is 0 Å². The molecular formula is C26H25N3O3. The molecule has 0 aliphatic heterocycles. The van der Waals surface area contributed by atoms with Gasteiger partial charge in [-0.1, -0.05) is 66.7 Å². The van der Waals surface area contributed by atoms with Gasteiger partial charge in [0.25, 0.3) is 0 Å². The number of urea groups is 1. The van der Waals surface area contributed by atoms with Gasteiger partial charge in [-0.15, -0.1) is 0 Å². The van der Waals surface area contributed by atoms with Crippen molar-refractivity contribution in [2.75, 3.05) is 11.9 Å². The van der Waals surface area contributed by atoms with Crippen molar-refractivity contribution in [1.82, 2.24) is 10.3 Å². The van der Waals surface area contributed by atoms with E-state index in [2.05, 4.69) is 21.7 Å². The summed E-state index contributed by atoms with van der Waals surface area (Å²) in [4.78, 5) is 28.4. The molecule has 6 nitrogen and oxygen atoms in total. The van der Waals surface area contributed by atoms with Gasteiger partial charge in [-0.2, -0.15) is 0 Å². The first-order valence-electron chi connectivity index (χ1n) is 10.6. The van der Waals surface area contributed by atoms with Gasteiger partial charge in [-0.05, 0) is 30.7 Å². The number of fused-ring (bicyclic) bond motifs is 1. The zero-order valence-electron chi connectivity index (χ0n) is 17.8. The topological polar surface area (TPSA) is 83.2 Å². The van der Waals surface area contributed by atoms with Crippen molar-refractivity contribution in [3.05, 3.63) is 90.5 Å². The number of aromatic nitrogens is 1. The fraction of sp³-hybridized carbons (Fsp3) is 0.154. The van der Waals surface area contributed by atoms with E-state index in [0.717, 1.165) is 27.7 Å². The molecule has 0 fully saturated rings. The Labute approximate surface area is 186 Å². The number of amides is 2. The van der Waals surface area contributed by atoms with Crippen molar-refractivity contribution in [1.29, 1.82) is 0 Å². The van der Waals surface area contributed by atoms with Gasteiger partial charge in [0.2, 0.25) is 0 Å². The summed E-state index contributed by atoms with van der Waals surface area (Å²) in [5.41, 5.74) is 4.31. The van der Waals surface area contributed by atoms with Crippen LogP contribution in [0.15, 0.2) is 84.9 Å². The maximum absolute atomic E-state index is 12.9. The van der Waals surface area contributed by atoms with Crippen LogP contribution in [0, 0.1) is 0 Å². The first-order chi connectivity index (χ1) is 15.6. The number of hydrogen-bond donors (Lipinski definition) is 3. The highest BCUT2D eigenvalue weighted by molar-refractivity contribution is 5.96. The molecule has 0 aliphatic rings. The third-order valence-corrected chi connectivity index (χ3v) is 5.18. The van der Waals surface area contributed by atoms with E-state index < -0.39 is 12.1 Å². The molecule has 0 radical (unpaired) electrons. The zero-order valence-corrected chi connectivity index (χ0v) is 17.8. The summed E-state index contributed by atoms with van der Waals surface area (Å²) >= 11 is 0. The van der Waals surface area contributed by atoms with E-state index in [1.54, 1.807) is 6.92 Å². The standard InChI is InChI=1S/C26H25N3O3/c1-2-32-25(30)17-23(18-10-4-3-5-11-18)29-26(31)28-22-15-9-7-13-20(22)24-16-19-12-6-8-14-21(19)27-24/h3-16,23,27H,2,17H2,1H3,(H2,28,29,31). The normalized spacial score (nSPS) is 11.7. The Morgan fingerprint density at radius 2 is 1.66 bits per heavy atom. The molecule has 1 atom stereocenters. The van der Waals surface area contributed by atoms with Gasteiger partial charge in [-0.3, -0.25) is 4.79 Å². The van der Waals surface area contributed by atoms with Crippen molar-refractivity contribution < 1.29 is 14.3 Å². The number of H-pyrrole nitrogens is 1. The molecule has 162 valence electrons. The Balaban J connectivity index is 1.54. The predicted molar refractivity (Wildman–Crippen MR) is 126 cm³/mol. The van der Waals surface area contributed by atoms with Gasteiger partial charge in [-0.25, -0.2) is 4.79 Å². The average molecular weight is 428 g/mol. The molecule has 4 aromatic rings. The number of para-hydroxylation sites is 2. The maximum Gasteiger partial charge on any atom is 0.319 e. The third-order valence-electron chi connectivity index (χ3n) is 5.18. The minimum Gasteiger partial charge on any atom is -0.466 e. The number of nitrogens with one attached hydrogen (secondary N) is 3. The number of anilines is 1. The fourth-order valence-electron chi connectivity index (χ4n) is 3.69. The molecular weight excluding hydrogens is 402 g/mol. The molecule has 32 heavy (non-hydrogen) atoms. The summed E-state index contributed by atoms with van der Waals surface area (Å²) in [5, 5.41) is 6.95. The summed E-state index contributed by atoms with van der Waals surface area (Å²) < 4.78 is 5.08. The lowest BCUT2D eigenvalue weighted by Gasteiger charge is -2.19. The lowest BCUT2D eigenvalue weighted by molar-refractivity contribution is -0.143. The van der Waals surface area contributed by atoms with Crippen LogP contribution in [0.4, 0.5) is 10.5 Å². The Morgan fingerprint density at radius 3 is 2.44 bits per heavy atom. The largest absolute Gasteiger partial charge is 0.466 e. The first kappa shape index (κ1) is 21.2. The molecule has 1 unspecified atom stereocenters. The Kier molecular flexibility index (Phi) is 6.51. The number of carbonyl (C=O) groups is 2. The van der Waals surface area contributed by atoms with Crippen molar-refractivity contribution in [2.45, 2.75) is 19.4 Å². The molecule has 3 aromatic carbocycles. The van der Waals surface area contributed by atoms with Crippen LogP contribution in [-0.4, -0.2) is 23.6 Å². The summed E-state index contributed by atoms with van der Waals surface area (Å²) in [6, 6.07) is 26.2. The fourth-order valence-corrected chi connectivity index (χ4v) is 3.69. The number of rotatable bonds is 7. The minimum atomic E-state index is -0.504. The van der Waals surface area contributed by atoms with Crippen molar-refractivity contribution >= 4 is 28.6 Å². The molecule has 4 rings (SSSR count). The van der Waals surface area contributed by atoms with Gasteiger partial charge in [0.05, 0.1) is 24.8 Å². The Bertz CT molecular complexity index is 1180. The summed E-state index contributed by atoms with van der Waals surface area (Å²) in [7, 11) is 0. The lowest BCUT2D eigenvalue weighted by Crippen LogP contribution is -2.34. The van der Waals surface area contributed by atoms with Crippen LogP contribution in [0.3, 0.4) is 0 Å². The second kappa shape index (κ2) is 9.83. The van der Waals surface area contributed by atoms with Gasteiger partial charge in [0, 0.05) is 22.2 Å². The second-order valence-electron chi connectivity index (χ2n) is 7.39. The third kappa shape index (κ3) is 4.98. The van der Waals surface area contributed by atoms with Gasteiger partial charge >= 0.3 is 12.0 Å². The Morgan fingerprint density at radius 1 is 0.938 bits per heavy atom. The summed E-state index contributed by atoms with van der Waals surface area (Å²) in [6.07, 6.45) is 0.0505. The number of ether oxygens (including phenoxy) is 1. The highest BCUT2D eigenvalue weighted by Crippen LogP contribution is 2.30. The van der Waals surface area contributed by atoms with Crippen molar-refractivity contribution in [3.63, 3.8) is 0 Å². The molecule has 0 spiro atoms. The van der Waals surface area contributed by atoms with Crippen LogP contribution < -0.4 is 10.6 Å². The molecule has 0 aliphatic carbocycles.